The van der Waals surface area contributed by atoms with Crippen LogP contribution < -0.4 is 5.32 Å². The van der Waals surface area contributed by atoms with Gasteiger partial charge in [0.2, 0.25) is 0 Å². The van der Waals surface area contributed by atoms with E-state index >= 15 is 0 Å². The van der Waals surface area contributed by atoms with Gasteiger partial charge in [0.05, 0.1) is 33.0 Å². The smallest absolute Gasteiger partial charge is 0.128 e. The molecule has 0 aliphatic heterocycles. The molecule has 2 N–H and O–H groups in total. The van der Waals surface area contributed by atoms with E-state index in [0.29, 0.717) is 33.0 Å². The molecule has 0 radical (unpaired) electrons. The number of hydrogen-bond acceptors (Lipinski definition) is 5. The van der Waals surface area contributed by atoms with Gasteiger partial charge in [-0.3, -0.25) is 5.32 Å². The molecular weight excluding hydrogens is 222 g/mol. The van der Waals surface area contributed by atoms with E-state index in [0.717, 1.165) is 0 Å². The van der Waals surface area contributed by atoms with Gasteiger partial charge in [-0.15, -0.1) is 0 Å². The van der Waals surface area contributed by atoms with Crippen molar-refractivity contribution in [2.75, 3.05) is 39.6 Å². The van der Waals surface area contributed by atoms with E-state index in [1.54, 1.807) is 0 Å². The fourth-order valence-corrected chi connectivity index (χ4v) is 1.22. The highest BCUT2D eigenvalue weighted by molar-refractivity contribution is 4.71. The molecule has 0 aliphatic rings. The highest BCUT2D eigenvalue weighted by atomic mass is 16.5. The summed E-state index contributed by atoms with van der Waals surface area (Å²) in [4.78, 5) is 0. The minimum absolute atomic E-state index is 0.114. The van der Waals surface area contributed by atoms with E-state index < -0.39 is 6.23 Å². The van der Waals surface area contributed by atoms with Crippen LogP contribution in [-0.4, -0.2) is 56.5 Å². The fraction of sp³-hybridized carbons (Fsp3) is 1.00. The number of hydrogen-bond donors (Lipinski definition) is 2. The van der Waals surface area contributed by atoms with Gasteiger partial charge in [0, 0.05) is 12.1 Å². The molecular formula is C12H27NO4. The van der Waals surface area contributed by atoms with Crippen molar-refractivity contribution in [1.82, 2.24) is 5.32 Å². The highest BCUT2D eigenvalue weighted by Gasteiger charge is 2.14. The third-order valence-electron chi connectivity index (χ3n) is 1.82. The van der Waals surface area contributed by atoms with Crippen LogP contribution in [0.5, 0.6) is 0 Å². The first-order valence-electron chi connectivity index (χ1n) is 6.14. The lowest BCUT2D eigenvalue weighted by molar-refractivity contribution is -0.0235. The van der Waals surface area contributed by atoms with Gasteiger partial charge in [-0.2, -0.15) is 0 Å². The van der Waals surface area contributed by atoms with Gasteiger partial charge in [0.15, 0.2) is 0 Å². The van der Waals surface area contributed by atoms with Crippen LogP contribution in [0.2, 0.25) is 0 Å². The zero-order chi connectivity index (χ0) is 13.1. The number of aliphatic hydroxyl groups is 1. The van der Waals surface area contributed by atoms with Crippen LogP contribution in [0.1, 0.15) is 27.7 Å². The molecule has 0 bridgehead atoms. The van der Waals surface area contributed by atoms with E-state index in [9.17, 15) is 5.11 Å². The Hall–Kier alpha value is -0.200. The summed E-state index contributed by atoms with van der Waals surface area (Å²) in [6.07, 6.45) is -0.640. The Kier molecular flexibility index (Phi) is 9.68. The van der Waals surface area contributed by atoms with Gasteiger partial charge < -0.3 is 19.3 Å². The fourth-order valence-electron chi connectivity index (χ4n) is 1.22. The predicted octanol–water partition coefficient (Wildman–Crippen LogP) is 0.763. The van der Waals surface area contributed by atoms with Crippen LogP contribution >= 0.6 is 0 Å². The monoisotopic (exact) mass is 249 g/mol. The molecule has 0 aromatic rings. The van der Waals surface area contributed by atoms with Gasteiger partial charge in [0.25, 0.3) is 0 Å². The number of rotatable bonds is 10. The lowest BCUT2D eigenvalue weighted by Crippen LogP contribution is -2.45. The molecule has 0 saturated heterocycles. The van der Waals surface area contributed by atoms with Crippen LogP contribution in [-0.2, 0) is 14.2 Å². The van der Waals surface area contributed by atoms with E-state index in [-0.39, 0.29) is 12.1 Å². The molecule has 5 heteroatoms. The first-order valence-corrected chi connectivity index (χ1v) is 6.14. The topological polar surface area (TPSA) is 60.0 Å². The summed E-state index contributed by atoms with van der Waals surface area (Å²) >= 11 is 0. The summed E-state index contributed by atoms with van der Waals surface area (Å²) in [7, 11) is 0. The third-order valence-corrected chi connectivity index (χ3v) is 1.82. The van der Waals surface area contributed by atoms with Crippen LogP contribution in [0.25, 0.3) is 0 Å². The minimum atomic E-state index is -0.640. The average molecular weight is 249 g/mol. The standard InChI is InChI=1S/C12H27NO4/c1-5-15-6-7-16-8-9-17-10-11(14)13-12(2,3)4/h11,13-14H,5-10H2,1-4H3. The van der Waals surface area contributed by atoms with Gasteiger partial charge in [0.1, 0.15) is 6.23 Å². The predicted molar refractivity (Wildman–Crippen MR) is 67.0 cm³/mol. The van der Waals surface area contributed by atoms with E-state index in [1.807, 2.05) is 27.7 Å². The molecule has 5 nitrogen and oxygen atoms in total. The second kappa shape index (κ2) is 9.79. The average Bonchev–Trinajstić information content (AvgIpc) is 2.19. The van der Waals surface area contributed by atoms with Crippen molar-refractivity contribution >= 4 is 0 Å². The molecule has 0 saturated carbocycles. The van der Waals surface area contributed by atoms with Crippen LogP contribution in [0, 0.1) is 0 Å². The first-order chi connectivity index (χ1) is 7.95. The minimum Gasteiger partial charge on any atom is -0.379 e. The summed E-state index contributed by atoms with van der Waals surface area (Å²) in [6.45, 7) is 11.1. The lowest BCUT2D eigenvalue weighted by atomic mass is 10.1. The highest BCUT2D eigenvalue weighted by Crippen LogP contribution is 1.99. The SMILES string of the molecule is CCOCCOCCOCC(O)NC(C)(C)C. The molecule has 0 aromatic heterocycles. The molecule has 0 spiro atoms. The van der Waals surface area contributed by atoms with Crippen LogP contribution in [0.15, 0.2) is 0 Å². The maximum atomic E-state index is 9.56. The molecule has 0 heterocycles. The Morgan fingerprint density at radius 2 is 1.53 bits per heavy atom. The van der Waals surface area contributed by atoms with Crippen molar-refractivity contribution in [3.05, 3.63) is 0 Å². The molecule has 0 rings (SSSR count). The molecule has 0 aliphatic carbocycles. The van der Waals surface area contributed by atoms with E-state index in [4.69, 9.17) is 14.2 Å². The Bertz CT molecular complexity index is 170. The zero-order valence-electron chi connectivity index (χ0n) is 11.5. The number of nitrogens with one attached hydrogen (secondary N) is 1. The number of aliphatic hydroxyl groups excluding tert-OH is 1. The second-order valence-corrected chi connectivity index (χ2v) is 4.79. The maximum absolute atomic E-state index is 9.56. The largest absolute Gasteiger partial charge is 0.379 e. The first kappa shape index (κ1) is 16.8. The molecule has 0 aromatic carbocycles. The van der Waals surface area contributed by atoms with Gasteiger partial charge in [-0.05, 0) is 27.7 Å². The van der Waals surface area contributed by atoms with Crippen molar-refractivity contribution in [1.29, 1.82) is 0 Å². The molecule has 1 atom stereocenters. The summed E-state index contributed by atoms with van der Waals surface area (Å²) in [6, 6.07) is 0. The number of ether oxygens (including phenoxy) is 3. The van der Waals surface area contributed by atoms with Gasteiger partial charge in [-0.1, -0.05) is 0 Å². The maximum Gasteiger partial charge on any atom is 0.128 e. The molecule has 0 amide bonds. The van der Waals surface area contributed by atoms with Crippen molar-refractivity contribution in [2.24, 2.45) is 0 Å². The van der Waals surface area contributed by atoms with E-state index in [1.165, 1.54) is 0 Å². The Labute approximate surface area is 104 Å². The Morgan fingerprint density at radius 1 is 1.00 bits per heavy atom. The van der Waals surface area contributed by atoms with Crippen molar-refractivity contribution < 1.29 is 19.3 Å². The van der Waals surface area contributed by atoms with Crippen LogP contribution in [0.3, 0.4) is 0 Å². The van der Waals surface area contributed by atoms with Crippen molar-refractivity contribution in [3.63, 3.8) is 0 Å². The molecule has 0 fully saturated rings. The summed E-state index contributed by atoms with van der Waals surface area (Å²) in [5, 5.41) is 12.6. The third kappa shape index (κ3) is 13.7. The zero-order valence-corrected chi connectivity index (χ0v) is 11.5. The van der Waals surface area contributed by atoms with Crippen molar-refractivity contribution in [3.8, 4) is 0 Å². The Morgan fingerprint density at radius 3 is 2.06 bits per heavy atom. The second-order valence-electron chi connectivity index (χ2n) is 4.79. The molecule has 1 unspecified atom stereocenters. The van der Waals surface area contributed by atoms with Crippen LogP contribution in [0.4, 0.5) is 0 Å². The van der Waals surface area contributed by atoms with Crippen molar-refractivity contribution in [2.45, 2.75) is 39.5 Å². The summed E-state index contributed by atoms with van der Waals surface area (Å²) in [5.74, 6) is 0. The van der Waals surface area contributed by atoms with Gasteiger partial charge >= 0.3 is 0 Å². The molecule has 104 valence electrons. The van der Waals surface area contributed by atoms with E-state index in [2.05, 4.69) is 5.32 Å². The summed E-state index contributed by atoms with van der Waals surface area (Å²) < 4.78 is 15.7. The normalized spacial score (nSPS) is 13.9. The summed E-state index contributed by atoms with van der Waals surface area (Å²) in [5.41, 5.74) is -0.114. The lowest BCUT2D eigenvalue weighted by Gasteiger charge is -2.24. The Balaban J connectivity index is 3.22. The molecule has 17 heavy (non-hydrogen) atoms. The quantitative estimate of drug-likeness (QED) is 0.442. The van der Waals surface area contributed by atoms with Gasteiger partial charge in [-0.25, -0.2) is 0 Å².